The van der Waals surface area contributed by atoms with Crippen LogP contribution in [0.25, 0.3) is 22.4 Å². The standard InChI is InChI=1S/C18H15N5O/c1-23-16(10-11-19-23)18(24)22-13-7-3-2-6-12(13)17-20-14-8-4-5-9-15(14)21-17/h2-11H,1H3,(H,20,21)(H,22,24). The molecule has 4 aromatic rings. The summed E-state index contributed by atoms with van der Waals surface area (Å²) < 4.78 is 1.54. The van der Waals surface area contributed by atoms with Crippen molar-refractivity contribution in [2.24, 2.45) is 7.05 Å². The Morgan fingerprint density at radius 1 is 1.08 bits per heavy atom. The van der Waals surface area contributed by atoms with E-state index in [1.54, 1.807) is 24.0 Å². The molecule has 0 spiro atoms. The number of hydrogen-bond acceptors (Lipinski definition) is 3. The zero-order chi connectivity index (χ0) is 16.5. The minimum Gasteiger partial charge on any atom is -0.338 e. The first kappa shape index (κ1) is 14.2. The number of aromatic nitrogens is 4. The van der Waals surface area contributed by atoms with Gasteiger partial charge in [-0.25, -0.2) is 4.98 Å². The number of anilines is 1. The van der Waals surface area contributed by atoms with Crippen molar-refractivity contribution in [1.29, 1.82) is 0 Å². The lowest BCUT2D eigenvalue weighted by atomic mass is 10.1. The molecule has 4 rings (SSSR count). The third-order valence-corrected chi connectivity index (χ3v) is 3.87. The van der Waals surface area contributed by atoms with Crippen LogP contribution < -0.4 is 5.32 Å². The highest BCUT2D eigenvalue weighted by Gasteiger charge is 2.14. The second kappa shape index (κ2) is 5.66. The number of benzene rings is 2. The van der Waals surface area contributed by atoms with E-state index in [0.717, 1.165) is 22.4 Å². The van der Waals surface area contributed by atoms with Crippen LogP contribution in [0.5, 0.6) is 0 Å². The number of amides is 1. The van der Waals surface area contributed by atoms with Crippen LogP contribution in [0.1, 0.15) is 10.5 Å². The number of imidazole rings is 1. The maximum absolute atomic E-state index is 12.4. The second-order valence-corrected chi connectivity index (χ2v) is 5.44. The van der Waals surface area contributed by atoms with Crippen LogP contribution in [0.2, 0.25) is 0 Å². The Hall–Kier alpha value is -3.41. The van der Waals surface area contributed by atoms with Gasteiger partial charge in [0.25, 0.3) is 5.91 Å². The van der Waals surface area contributed by atoms with E-state index in [-0.39, 0.29) is 5.91 Å². The minimum atomic E-state index is -0.210. The fourth-order valence-electron chi connectivity index (χ4n) is 2.66. The normalized spacial score (nSPS) is 10.9. The third kappa shape index (κ3) is 2.44. The summed E-state index contributed by atoms with van der Waals surface area (Å²) in [5.74, 6) is 0.510. The molecule has 0 aliphatic rings. The van der Waals surface area contributed by atoms with Gasteiger partial charge in [0.05, 0.1) is 16.7 Å². The molecule has 2 N–H and O–H groups in total. The van der Waals surface area contributed by atoms with E-state index in [4.69, 9.17) is 0 Å². The summed E-state index contributed by atoms with van der Waals surface area (Å²) in [6.45, 7) is 0. The number of aryl methyl sites for hydroxylation is 1. The molecular weight excluding hydrogens is 302 g/mol. The summed E-state index contributed by atoms with van der Waals surface area (Å²) in [5, 5.41) is 6.96. The van der Waals surface area contributed by atoms with Crippen LogP contribution >= 0.6 is 0 Å². The van der Waals surface area contributed by atoms with Gasteiger partial charge in [0.1, 0.15) is 11.5 Å². The first-order chi connectivity index (χ1) is 11.7. The van der Waals surface area contributed by atoms with Crippen molar-refractivity contribution in [3.05, 3.63) is 66.5 Å². The Balaban J connectivity index is 1.73. The Kier molecular flexibility index (Phi) is 3.35. The largest absolute Gasteiger partial charge is 0.338 e. The van der Waals surface area contributed by atoms with Gasteiger partial charge in [-0.3, -0.25) is 9.48 Å². The SMILES string of the molecule is Cn1nccc1C(=O)Nc1ccccc1-c1nc2ccccc2[nH]1. The van der Waals surface area contributed by atoms with E-state index in [1.165, 1.54) is 0 Å². The quantitative estimate of drug-likeness (QED) is 0.609. The number of H-pyrrole nitrogens is 1. The van der Waals surface area contributed by atoms with E-state index in [0.29, 0.717) is 11.4 Å². The van der Waals surface area contributed by atoms with Gasteiger partial charge in [-0.15, -0.1) is 0 Å². The van der Waals surface area contributed by atoms with Crippen LogP contribution in [0.4, 0.5) is 5.69 Å². The van der Waals surface area contributed by atoms with Crippen molar-refractivity contribution >= 4 is 22.6 Å². The predicted molar refractivity (Wildman–Crippen MR) is 92.7 cm³/mol. The molecule has 118 valence electrons. The van der Waals surface area contributed by atoms with E-state index in [2.05, 4.69) is 20.4 Å². The second-order valence-electron chi connectivity index (χ2n) is 5.44. The van der Waals surface area contributed by atoms with Gasteiger partial charge in [-0.1, -0.05) is 24.3 Å². The Morgan fingerprint density at radius 3 is 2.67 bits per heavy atom. The molecular formula is C18H15N5O. The summed E-state index contributed by atoms with van der Waals surface area (Å²) >= 11 is 0. The van der Waals surface area contributed by atoms with Gasteiger partial charge >= 0.3 is 0 Å². The smallest absolute Gasteiger partial charge is 0.273 e. The lowest BCUT2D eigenvalue weighted by Crippen LogP contribution is -2.16. The van der Waals surface area contributed by atoms with Crippen molar-refractivity contribution in [3.8, 4) is 11.4 Å². The Labute approximate surface area is 138 Å². The average Bonchev–Trinajstić information content (AvgIpc) is 3.21. The van der Waals surface area contributed by atoms with Crippen molar-refractivity contribution in [1.82, 2.24) is 19.7 Å². The van der Waals surface area contributed by atoms with Gasteiger partial charge < -0.3 is 10.3 Å². The number of para-hydroxylation sites is 3. The van der Waals surface area contributed by atoms with Crippen molar-refractivity contribution < 1.29 is 4.79 Å². The fraction of sp³-hybridized carbons (Fsp3) is 0.0556. The van der Waals surface area contributed by atoms with E-state index in [9.17, 15) is 4.79 Å². The van der Waals surface area contributed by atoms with Crippen molar-refractivity contribution in [3.63, 3.8) is 0 Å². The molecule has 0 saturated heterocycles. The molecule has 24 heavy (non-hydrogen) atoms. The van der Waals surface area contributed by atoms with E-state index in [1.807, 2.05) is 48.5 Å². The zero-order valence-corrected chi connectivity index (χ0v) is 13.0. The van der Waals surface area contributed by atoms with E-state index < -0.39 is 0 Å². The van der Waals surface area contributed by atoms with Crippen LogP contribution in [0.15, 0.2) is 60.8 Å². The van der Waals surface area contributed by atoms with Crippen molar-refractivity contribution in [2.75, 3.05) is 5.32 Å². The Bertz CT molecular complexity index is 998. The predicted octanol–water partition coefficient (Wildman–Crippen LogP) is 3.22. The number of hydrogen-bond donors (Lipinski definition) is 2. The number of aromatic amines is 1. The molecule has 1 amide bonds. The van der Waals surface area contributed by atoms with Crippen LogP contribution in [-0.2, 0) is 7.05 Å². The number of nitrogens with zero attached hydrogens (tertiary/aromatic N) is 3. The number of carbonyl (C=O) groups is 1. The molecule has 0 unspecified atom stereocenters. The third-order valence-electron chi connectivity index (χ3n) is 3.87. The first-order valence-electron chi connectivity index (χ1n) is 7.56. The highest BCUT2D eigenvalue weighted by atomic mass is 16.2. The summed E-state index contributed by atoms with van der Waals surface area (Å²) in [4.78, 5) is 20.3. The van der Waals surface area contributed by atoms with Crippen LogP contribution in [0, 0.1) is 0 Å². The first-order valence-corrected chi connectivity index (χ1v) is 7.56. The molecule has 6 heteroatoms. The summed E-state index contributed by atoms with van der Waals surface area (Å²) in [5.41, 5.74) is 3.88. The highest BCUT2D eigenvalue weighted by Crippen LogP contribution is 2.27. The molecule has 0 aliphatic carbocycles. The maximum atomic E-state index is 12.4. The minimum absolute atomic E-state index is 0.210. The van der Waals surface area contributed by atoms with Gasteiger partial charge in [0, 0.05) is 18.8 Å². The summed E-state index contributed by atoms with van der Waals surface area (Å²) in [6, 6.07) is 17.1. The molecule has 0 atom stereocenters. The number of rotatable bonds is 3. The fourth-order valence-corrected chi connectivity index (χ4v) is 2.66. The summed E-state index contributed by atoms with van der Waals surface area (Å²) in [7, 11) is 1.74. The number of fused-ring (bicyclic) bond motifs is 1. The molecule has 0 bridgehead atoms. The van der Waals surface area contributed by atoms with Gasteiger partial charge in [0.2, 0.25) is 0 Å². The van der Waals surface area contributed by atoms with Gasteiger partial charge in [0.15, 0.2) is 0 Å². The molecule has 0 saturated carbocycles. The topological polar surface area (TPSA) is 75.6 Å². The molecule has 2 heterocycles. The Morgan fingerprint density at radius 2 is 1.88 bits per heavy atom. The molecule has 0 fully saturated rings. The summed E-state index contributed by atoms with van der Waals surface area (Å²) in [6.07, 6.45) is 1.60. The lowest BCUT2D eigenvalue weighted by Gasteiger charge is -2.09. The average molecular weight is 317 g/mol. The lowest BCUT2D eigenvalue weighted by molar-refractivity contribution is 0.101. The molecule has 2 aromatic heterocycles. The van der Waals surface area contributed by atoms with Crippen LogP contribution in [-0.4, -0.2) is 25.7 Å². The van der Waals surface area contributed by atoms with Gasteiger partial charge in [-0.05, 0) is 30.3 Å². The molecule has 6 nitrogen and oxygen atoms in total. The molecule has 0 radical (unpaired) electrons. The number of nitrogens with one attached hydrogen (secondary N) is 2. The zero-order valence-electron chi connectivity index (χ0n) is 13.0. The maximum Gasteiger partial charge on any atom is 0.273 e. The molecule has 2 aromatic carbocycles. The van der Waals surface area contributed by atoms with Crippen LogP contribution in [0.3, 0.4) is 0 Å². The highest BCUT2D eigenvalue weighted by molar-refractivity contribution is 6.05. The molecule has 0 aliphatic heterocycles. The van der Waals surface area contributed by atoms with Gasteiger partial charge in [-0.2, -0.15) is 5.10 Å². The van der Waals surface area contributed by atoms with Crippen molar-refractivity contribution in [2.45, 2.75) is 0 Å². The monoisotopic (exact) mass is 317 g/mol. The number of carbonyl (C=O) groups excluding carboxylic acids is 1. The van der Waals surface area contributed by atoms with E-state index >= 15 is 0 Å².